The minimum absolute atomic E-state index is 0.0127. The first-order chi connectivity index (χ1) is 12.3. The van der Waals surface area contributed by atoms with Gasteiger partial charge in [-0.3, -0.25) is 9.59 Å². The molecule has 0 radical (unpaired) electrons. The standard InChI is InChI=1S/C20H32N2O5/c1-18(2,3)27-17(26)22-19(4,5)15(23)21-14-12-6-11-7-13(14)10-20(8-11,9-12)16(24)25/h11-14H,6-10H2,1-5H3,(H,21,23)(H,22,26)(H,24,25). The third-order valence-electron chi connectivity index (χ3n) is 6.41. The number of alkyl carbamates (subject to hydrolysis) is 1. The molecule has 4 aliphatic carbocycles. The van der Waals surface area contributed by atoms with Gasteiger partial charge in [0.1, 0.15) is 11.1 Å². The molecule has 0 aromatic heterocycles. The summed E-state index contributed by atoms with van der Waals surface area (Å²) in [6, 6.07) is -0.0127. The molecule has 2 atom stereocenters. The number of carbonyl (C=O) groups excluding carboxylic acids is 2. The Bertz CT molecular complexity index is 635. The minimum Gasteiger partial charge on any atom is -0.481 e. The third kappa shape index (κ3) is 3.92. The van der Waals surface area contributed by atoms with Crippen molar-refractivity contribution < 1.29 is 24.2 Å². The lowest BCUT2D eigenvalue weighted by Crippen LogP contribution is -2.64. The van der Waals surface area contributed by atoms with Crippen LogP contribution in [-0.2, 0) is 14.3 Å². The number of hydrogen-bond acceptors (Lipinski definition) is 4. The predicted molar refractivity (Wildman–Crippen MR) is 99.0 cm³/mol. The Hall–Kier alpha value is -1.79. The number of carboxylic acids is 1. The van der Waals surface area contributed by atoms with E-state index >= 15 is 0 Å². The Morgan fingerprint density at radius 3 is 2.04 bits per heavy atom. The van der Waals surface area contributed by atoms with E-state index in [1.165, 1.54) is 0 Å². The number of amides is 2. The molecular weight excluding hydrogens is 348 g/mol. The van der Waals surface area contributed by atoms with Crippen LogP contribution in [0.4, 0.5) is 4.79 Å². The topological polar surface area (TPSA) is 105 Å². The summed E-state index contributed by atoms with van der Waals surface area (Å²) in [5, 5.41) is 15.5. The Kier molecular flexibility index (Phi) is 4.72. The van der Waals surface area contributed by atoms with Crippen molar-refractivity contribution >= 4 is 18.0 Å². The zero-order valence-corrected chi connectivity index (χ0v) is 16.9. The van der Waals surface area contributed by atoms with Gasteiger partial charge >= 0.3 is 12.1 Å². The summed E-state index contributed by atoms with van der Waals surface area (Å²) < 4.78 is 5.25. The van der Waals surface area contributed by atoms with E-state index in [4.69, 9.17) is 4.74 Å². The first-order valence-electron chi connectivity index (χ1n) is 9.87. The van der Waals surface area contributed by atoms with Gasteiger partial charge in [0.05, 0.1) is 5.41 Å². The molecular formula is C20H32N2O5. The number of ether oxygens (including phenoxy) is 1. The van der Waals surface area contributed by atoms with Crippen molar-refractivity contribution in [2.75, 3.05) is 0 Å². The summed E-state index contributed by atoms with van der Waals surface area (Å²) in [4.78, 5) is 36.8. The molecule has 4 aliphatic rings. The molecule has 152 valence electrons. The number of carboxylic acid groups (broad SMARTS) is 1. The largest absolute Gasteiger partial charge is 0.481 e. The number of nitrogens with one attached hydrogen (secondary N) is 2. The average molecular weight is 380 g/mol. The van der Waals surface area contributed by atoms with Gasteiger partial charge < -0.3 is 20.5 Å². The molecule has 0 aliphatic heterocycles. The fourth-order valence-corrected chi connectivity index (χ4v) is 5.47. The Morgan fingerprint density at radius 1 is 1.00 bits per heavy atom. The van der Waals surface area contributed by atoms with Crippen LogP contribution in [-0.4, -0.2) is 40.3 Å². The molecule has 4 fully saturated rings. The van der Waals surface area contributed by atoms with E-state index in [0.717, 1.165) is 19.3 Å². The first kappa shape index (κ1) is 20.0. The van der Waals surface area contributed by atoms with E-state index < -0.39 is 28.6 Å². The van der Waals surface area contributed by atoms with Gasteiger partial charge in [0, 0.05) is 6.04 Å². The zero-order chi connectivity index (χ0) is 20.2. The summed E-state index contributed by atoms with van der Waals surface area (Å²) >= 11 is 0. The first-order valence-corrected chi connectivity index (χ1v) is 9.87. The van der Waals surface area contributed by atoms with Crippen LogP contribution < -0.4 is 10.6 Å². The van der Waals surface area contributed by atoms with Gasteiger partial charge in [-0.05, 0) is 84.5 Å². The van der Waals surface area contributed by atoms with E-state index in [0.29, 0.717) is 18.8 Å². The van der Waals surface area contributed by atoms with Crippen molar-refractivity contribution in [3.8, 4) is 0 Å². The molecule has 0 heterocycles. The van der Waals surface area contributed by atoms with E-state index in [9.17, 15) is 19.5 Å². The normalized spacial score (nSPS) is 34.9. The van der Waals surface area contributed by atoms with E-state index in [2.05, 4.69) is 10.6 Å². The van der Waals surface area contributed by atoms with Crippen LogP contribution in [0.15, 0.2) is 0 Å². The molecule has 2 amide bonds. The number of carbonyl (C=O) groups is 3. The SMILES string of the molecule is CC(C)(C)OC(=O)NC(C)(C)C(=O)NC1C2CC3CC1CC(C(=O)O)(C3)C2. The highest BCUT2D eigenvalue weighted by atomic mass is 16.6. The second-order valence-corrected chi connectivity index (χ2v) is 10.3. The maximum atomic E-state index is 12.9. The fourth-order valence-electron chi connectivity index (χ4n) is 5.47. The highest BCUT2D eigenvalue weighted by Gasteiger charge is 2.59. The molecule has 4 rings (SSSR count). The molecule has 7 nitrogen and oxygen atoms in total. The second kappa shape index (κ2) is 6.38. The molecule has 4 bridgehead atoms. The van der Waals surface area contributed by atoms with E-state index in [1.807, 2.05) is 0 Å². The van der Waals surface area contributed by atoms with Crippen molar-refractivity contribution in [1.82, 2.24) is 10.6 Å². The summed E-state index contributed by atoms with van der Waals surface area (Å²) in [6.07, 6.45) is 3.40. The number of aliphatic carboxylic acids is 1. The summed E-state index contributed by atoms with van der Waals surface area (Å²) in [7, 11) is 0. The molecule has 0 spiro atoms. The maximum Gasteiger partial charge on any atom is 0.408 e. The summed E-state index contributed by atoms with van der Waals surface area (Å²) in [5.74, 6) is -0.0734. The zero-order valence-electron chi connectivity index (χ0n) is 16.9. The van der Waals surface area contributed by atoms with Crippen molar-refractivity contribution in [3.63, 3.8) is 0 Å². The lowest BCUT2D eigenvalue weighted by atomic mass is 9.48. The van der Waals surface area contributed by atoms with Crippen LogP contribution in [0.1, 0.15) is 66.7 Å². The van der Waals surface area contributed by atoms with Gasteiger partial charge in [0.2, 0.25) is 5.91 Å². The predicted octanol–water partition coefficient (Wildman–Crippen LogP) is 2.69. The molecule has 3 N–H and O–H groups in total. The lowest BCUT2D eigenvalue weighted by Gasteiger charge is -2.58. The van der Waals surface area contributed by atoms with Crippen LogP contribution in [0.25, 0.3) is 0 Å². The second-order valence-electron chi connectivity index (χ2n) is 10.3. The molecule has 0 aromatic rings. The quantitative estimate of drug-likeness (QED) is 0.695. The summed E-state index contributed by atoms with van der Waals surface area (Å²) in [5.41, 5.74) is -2.34. The van der Waals surface area contributed by atoms with Crippen molar-refractivity contribution in [2.24, 2.45) is 23.2 Å². The minimum atomic E-state index is -1.11. The van der Waals surface area contributed by atoms with Crippen LogP contribution in [0.5, 0.6) is 0 Å². The van der Waals surface area contributed by atoms with Crippen molar-refractivity contribution in [1.29, 1.82) is 0 Å². The van der Waals surface area contributed by atoms with Gasteiger partial charge in [0.15, 0.2) is 0 Å². The van der Waals surface area contributed by atoms with Gasteiger partial charge in [0.25, 0.3) is 0 Å². The Morgan fingerprint density at radius 2 is 1.56 bits per heavy atom. The van der Waals surface area contributed by atoms with Gasteiger partial charge in [-0.2, -0.15) is 0 Å². The van der Waals surface area contributed by atoms with Crippen molar-refractivity contribution in [3.05, 3.63) is 0 Å². The maximum absolute atomic E-state index is 12.9. The molecule has 7 heteroatoms. The number of rotatable bonds is 4. The molecule has 27 heavy (non-hydrogen) atoms. The average Bonchev–Trinajstić information content (AvgIpc) is 2.47. The van der Waals surface area contributed by atoms with Crippen LogP contribution >= 0.6 is 0 Å². The Labute approximate surface area is 160 Å². The van der Waals surface area contributed by atoms with E-state index in [1.54, 1.807) is 34.6 Å². The van der Waals surface area contributed by atoms with Gasteiger partial charge in [-0.15, -0.1) is 0 Å². The molecule has 0 saturated heterocycles. The smallest absolute Gasteiger partial charge is 0.408 e. The highest BCUT2D eigenvalue weighted by Crippen LogP contribution is 2.60. The monoisotopic (exact) mass is 380 g/mol. The van der Waals surface area contributed by atoms with Crippen LogP contribution in [0.2, 0.25) is 0 Å². The fraction of sp³-hybridized carbons (Fsp3) is 0.850. The van der Waals surface area contributed by atoms with Crippen LogP contribution in [0, 0.1) is 23.2 Å². The van der Waals surface area contributed by atoms with E-state index in [-0.39, 0.29) is 23.8 Å². The van der Waals surface area contributed by atoms with Gasteiger partial charge in [-0.1, -0.05) is 0 Å². The highest BCUT2D eigenvalue weighted by molar-refractivity contribution is 5.89. The molecule has 0 aromatic carbocycles. The lowest BCUT2D eigenvalue weighted by molar-refractivity contribution is -0.168. The third-order valence-corrected chi connectivity index (χ3v) is 6.41. The van der Waals surface area contributed by atoms with Gasteiger partial charge in [-0.25, -0.2) is 4.79 Å². The van der Waals surface area contributed by atoms with Crippen molar-refractivity contribution in [2.45, 2.75) is 83.9 Å². The van der Waals surface area contributed by atoms with Crippen LogP contribution in [0.3, 0.4) is 0 Å². The number of hydrogen-bond donors (Lipinski definition) is 3. The molecule has 2 unspecified atom stereocenters. The molecule has 4 saturated carbocycles. The Balaban J connectivity index is 1.65. The summed E-state index contributed by atoms with van der Waals surface area (Å²) in [6.45, 7) is 8.62.